The lowest BCUT2D eigenvalue weighted by Crippen LogP contribution is -2.36. The molecule has 2 aromatic rings. The minimum atomic E-state index is 0.0924. The van der Waals surface area contributed by atoms with Crippen LogP contribution in [0.1, 0.15) is 54.4 Å². The number of carbonyl (C=O) groups excluding carboxylic acids is 1. The summed E-state index contributed by atoms with van der Waals surface area (Å²) in [6.45, 7) is 7.81. The second-order valence-electron chi connectivity index (χ2n) is 7.57. The molecule has 1 N–H and O–H groups in total. The van der Waals surface area contributed by atoms with Gasteiger partial charge in [-0.15, -0.1) is 11.3 Å². The van der Waals surface area contributed by atoms with E-state index in [-0.39, 0.29) is 11.9 Å². The Bertz CT molecular complexity index is 779. The van der Waals surface area contributed by atoms with Gasteiger partial charge in [-0.1, -0.05) is 6.42 Å². The van der Waals surface area contributed by atoms with E-state index in [1.807, 2.05) is 6.92 Å². The van der Waals surface area contributed by atoms with E-state index in [0.717, 1.165) is 48.4 Å². The summed E-state index contributed by atoms with van der Waals surface area (Å²) in [5.74, 6) is 1.84. The number of nitrogens with zero attached hydrogens (tertiary/aromatic N) is 4. The molecule has 1 atom stereocenters. The normalized spacial score (nSPS) is 20.6. The minimum Gasteiger partial charge on any atom is -0.355 e. The average molecular weight is 374 g/mol. The Hall–Kier alpha value is -1.73. The van der Waals surface area contributed by atoms with Gasteiger partial charge in [0, 0.05) is 37.8 Å². The van der Waals surface area contributed by atoms with Crippen molar-refractivity contribution in [2.75, 3.05) is 13.1 Å². The van der Waals surface area contributed by atoms with Crippen molar-refractivity contribution in [3.8, 4) is 0 Å². The third-order valence-electron chi connectivity index (χ3n) is 5.59. The van der Waals surface area contributed by atoms with Gasteiger partial charge in [0.1, 0.15) is 5.82 Å². The van der Waals surface area contributed by atoms with Crippen LogP contribution in [0.25, 0.3) is 0 Å². The number of nitrogens with one attached hydrogen (secondary N) is 1. The van der Waals surface area contributed by atoms with E-state index in [0.29, 0.717) is 12.3 Å². The van der Waals surface area contributed by atoms with Crippen LogP contribution < -0.4 is 5.32 Å². The third-order valence-corrected chi connectivity index (χ3v) is 6.42. The summed E-state index contributed by atoms with van der Waals surface area (Å²) >= 11 is 1.70. The van der Waals surface area contributed by atoms with Gasteiger partial charge in [0.2, 0.25) is 5.91 Å². The molecule has 1 fully saturated rings. The first-order valence-corrected chi connectivity index (χ1v) is 10.4. The predicted octanol–water partition coefficient (Wildman–Crippen LogP) is 2.68. The van der Waals surface area contributed by atoms with Gasteiger partial charge >= 0.3 is 0 Å². The zero-order chi connectivity index (χ0) is 18.1. The number of amides is 1. The highest BCUT2D eigenvalue weighted by atomic mass is 32.1. The molecule has 0 bridgehead atoms. The predicted molar refractivity (Wildman–Crippen MR) is 102 cm³/mol. The van der Waals surface area contributed by atoms with Crippen LogP contribution >= 0.6 is 11.3 Å². The Morgan fingerprint density at radius 3 is 2.85 bits per heavy atom. The van der Waals surface area contributed by atoms with Crippen molar-refractivity contribution in [3.05, 3.63) is 33.8 Å². The lowest BCUT2D eigenvalue weighted by molar-refractivity contribution is -0.120. The van der Waals surface area contributed by atoms with Crippen LogP contribution in [0, 0.1) is 12.8 Å². The molecule has 26 heavy (non-hydrogen) atoms. The number of imidazole rings is 1. The fraction of sp³-hybridized carbons (Fsp3) is 0.632. The van der Waals surface area contributed by atoms with Crippen molar-refractivity contribution >= 4 is 17.2 Å². The van der Waals surface area contributed by atoms with Crippen molar-refractivity contribution in [2.24, 2.45) is 5.92 Å². The maximum atomic E-state index is 12.2. The van der Waals surface area contributed by atoms with E-state index >= 15 is 0 Å². The Balaban J connectivity index is 1.36. The van der Waals surface area contributed by atoms with Crippen molar-refractivity contribution in [1.82, 2.24) is 24.8 Å². The molecule has 6 nitrogen and oxygen atoms in total. The molecular weight excluding hydrogens is 346 g/mol. The van der Waals surface area contributed by atoms with Gasteiger partial charge in [-0.3, -0.25) is 9.69 Å². The Morgan fingerprint density at radius 2 is 2.15 bits per heavy atom. The highest BCUT2D eigenvalue weighted by Crippen LogP contribution is 2.27. The van der Waals surface area contributed by atoms with Crippen LogP contribution in [0.2, 0.25) is 0 Å². The fourth-order valence-electron chi connectivity index (χ4n) is 3.76. The first kappa shape index (κ1) is 17.7. The Kier molecular flexibility index (Phi) is 5.09. The number of fused-ring (bicyclic) bond motifs is 1. The topological polar surface area (TPSA) is 63.1 Å². The molecule has 0 spiro atoms. The highest BCUT2D eigenvalue weighted by molar-refractivity contribution is 7.09. The molecule has 7 heteroatoms. The van der Waals surface area contributed by atoms with Gasteiger partial charge in [-0.05, 0) is 32.6 Å². The number of aromatic nitrogens is 3. The maximum absolute atomic E-state index is 12.2. The number of hydrogen-bond donors (Lipinski definition) is 1. The second kappa shape index (κ2) is 7.48. The van der Waals surface area contributed by atoms with E-state index < -0.39 is 0 Å². The average Bonchev–Trinajstić information content (AvgIpc) is 3.15. The molecule has 3 heterocycles. The summed E-state index contributed by atoms with van der Waals surface area (Å²) in [5, 5.41) is 6.31. The number of rotatable bonds is 6. The lowest BCUT2D eigenvalue weighted by Gasteiger charge is -2.33. The monoisotopic (exact) mass is 373 g/mol. The van der Waals surface area contributed by atoms with Gasteiger partial charge in [0.15, 0.2) is 0 Å². The summed E-state index contributed by atoms with van der Waals surface area (Å²) in [6.07, 6.45) is 6.25. The molecule has 140 valence electrons. The zero-order valence-electron chi connectivity index (χ0n) is 15.6. The van der Waals surface area contributed by atoms with E-state index in [9.17, 15) is 4.79 Å². The van der Waals surface area contributed by atoms with E-state index in [1.54, 1.807) is 11.3 Å². The quantitative estimate of drug-likeness (QED) is 0.846. The van der Waals surface area contributed by atoms with Crippen molar-refractivity contribution in [1.29, 1.82) is 0 Å². The Labute approximate surface area is 158 Å². The smallest absolute Gasteiger partial charge is 0.226 e. The molecule has 0 radical (unpaired) electrons. The van der Waals surface area contributed by atoms with E-state index in [2.05, 4.69) is 38.3 Å². The molecule has 1 amide bonds. The molecule has 0 aromatic carbocycles. The minimum absolute atomic E-state index is 0.0924. The van der Waals surface area contributed by atoms with Crippen molar-refractivity contribution in [3.63, 3.8) is 0 Å². The van der Waals surface area contributed by atoms with Crippen LogP contribution in [-0.4, -0.2) is 38.4 Å². The van der Waals surface area contributed by atoms with Crippen LogP contribution in [-0.2, 0) is 24.3 Å². The third kappa shape index (κ3) is 3.83. The van der Waals surface area contributed by atoms with Crippen molar-refractivity contribution < 1.29 is 4.79 Å². The number of hydrogen-bond acceptors (Lipinski definition) is 5. The fourth-order valence-corrected chi connectivity index (χ4v) is 4.37. The largest absolute Gasteiger partial charge is 0.355 e. The SMILES string of the molecule is Cc1nc(CN2CCn3cc(CC(=O)NCC4CCC4)nc3[C@@H]2C)cs1. The van der Waals surface area contributed by atoms with Crippen molar-refractivity contribution in [2.45, 2.75) is 58.7 Å². The van der Waals surface area contributed by atoms with Crippen LogP contribution in [0.3, 0.4) is 0 Å². The van der Waals surface area contributed by atoms with E-state index in [4.69, 9.17) is 4.98 Å². The first-order valence-electron chi connectivity index (χ1n) is 9.56. The molecular formula is C19H27N5OS. The molecule has 1 aliphatic heterocycles. The molecule has 1 aliphatic carbocycles. The molecule has 0 saturated heterocycles. The van der Waals surface area contributed by atoms with Gasteiger partial charge in [0.05, 0.1) is 28.9 Å². The van der Waals surface area contributed by atoms with Crippen LogP contribution in [0.15, 0.2) is 11.6 Å². The van der Waals surface area contributed by atoms with Gasteiger partial charge in [0.25, 0.3) is 0 Å². The number of carbonyl (C=O) groups is 1. The summed E-state index contributed by atoms with van der Waals surface area (Å²) in [5.41, 5.74) is 2.01. The molecule has 4 rings (SSSR count). The van der Waals surface area contributed by atoms with Gasteiger partial charge in [-0.2, -0.15) is 0 Å². The molecule has 2 aliphatic rings. The van der Waals surface area contributed by atoms with E-state index in [1.165, 1.54) is 19.3 Å². The Morgan fingerprint density at radius 1 is 1.31 bits per heavy atom. The number of aryl methyl sites for hydroxylation is 1. The highest BCUT2D eigenvalue weighted by Gasteiger charge is 2.27. The first-order chi connectivity index (χ1) is 12.6. The summed E-state index contributed by atoms with van der Waals surface area (Å²) in [6, 6.07) is 0.234. The van der Waals surface area contributed by atoms with Gasteiger partial charge < -0.3 is 9.88 Å². The maximum Gasteiger partial charge on any atom is 0.226 e. The summed E-state index contributed by atoms with van der Waals surface area (Å²) in [7, 11) is 0. The molecule has 0 unspecified atom stereocenters. The molecule has 1 saturated carbocycles. The number of thiazole rings is 1. The summed E-state index contributed by atoms with van der Waals surface area (Å²) < 4.78 is 2.21. The zero-order valence-corrected chi connectivity index (χ0v) is 16.4. The van der Waals surface area contributed by atoms with Crippen LogP contribution in [0.4, 0.5) is 0 Å². The summed E-state index contributed by atoms with van der Waals surface area (Å²) in [4.78, 5) is 24.0. The lowest BCUT2D eigenvalue weighted by atomic mass is 9.85. The van der Waals surface area contributed by atoms with Crippen LogP contribution in [0.5, 0.6) is 0 Å². The van der Waals surface area contributed by atoms with Gasteiger partial charge in [-0.25, -0.2) is 9.97 Å². The standard InChI is InChI=1S/C19H27N5OS/c1-13-19-22-16(8-18(25)20-9-15-4-3-5-15)10-24(19)7-6-23(13)11-17-12-26-14(2)21-17/h10,12-13,15H,3-9,11H2,1-2H3,(H,20,25)/t13-/m0/s1. The second-order valence-corrected chi connectivity index (χ2v) is 8.63. The molecule has 2 aromatic heterocycles.